The largest absolute Gasteiger partial charge is 0.368 e. The Hall–Kier alpha value is -1.71. The number of anilines is 1. The van der Waals surface area contributed by atoms with Crippen LogP contribution in [0.4, 0.5) is 5.82 Å². The van der Waals surface area contributed by atoms with Crippen molar-refractivity contribution < 1.29 is 17.9 Å². The Labute approximate surface area is 160 Å². The second-order valence-corrected chi connectivity index (χ2v) is 9.22. The summed E-state index contributed by atoms with van der Waals surface area (Å²) in [6, 6.07) is 3.40. The maximum Gasteiger partial charge on any atom is 0.251 e. The van der Waals surface area contributed by atoms with Gasteiger partial charge in [0.25, 0.3) is 5.91 Å². The Morgan fingerprint density at radius 1 is 1.04 bits per heavy atom. The zero-order valence-corrected chi connectivity index (χ0v) is 16.2. The van der Waals surface area contributed by atoms with Gasteiger partial charge in [-0.15, -0.1) is 0 Å². The number of ether oxygens (including phenoxy) is 1. The van der Waals surface area contributed by atoms with E-state index < -0.39 is 10.0 Å². The summed E-state index contributed by atoms with van der Waals surface area (Å²) in [5.41, 5.74) is 0. The maximum absolute atomic E-state index is 12.6. The number of piperazine rings is 1. The van der Waals surface area contributed by atoms with Crippen molar-refractivity contribution in [2.24, 2.45) is 0 Å². The number of carbonyl (C=O) groups is 1. The van der Waals surface area contributed by atoms with Gasteiger partial charge in [0, 0.05) is 52.1 Å². The second kappa shape index (κ2) is 7.73. The number of aromatic nitrogens is 1. The average molecular weight is 394 g/mol. The molecule has 148 valence electrons. The summed E-state index contributed by atoms with van der Waals surface area (Å²) in [6.45, 7) is 4.48. The average Bonchev–Trinajstić information content (AvgIpc) is 3.42. The summed E-state index contributed by atoms with van der Waals surface area (Å²) in [6.07, 6.45) is 4.77. The quantitative estimate of drug-likeness (QED) is 0.747. The Kier molecular flexibility index (Phi) is 5.34. The van der Waals surface area contributed by atoms with Gasteiger partial charge in [0.1, 0.15) is 16.8 Å². The van der Waals surface area contributed by atoms with Crippen LogP contribution in [0.15, 0.2) is 23.2 Å². The van der Waals surface area contributed by atoms with E-state index in [1.165, 1.54) is 10.5 Å². The molecule has 3 aliphatic heterocycles. The van der Waals surface area contributed by atoms with Gasteiger partial charge in [-0.25, -0.2) is 13.4 Å². The fraction of sp³-hybridized carbons (Fsp3) is 0.667. The Balaban J connectivity index is 1.37. The van der Waals surface area contributed by atoms with Crippen molar-refractivity contribution in [2.75, 3.05) is 50.8 Å². The molecule has 3 aliphatic rings. The summed E-state index contributed by atoms with van der Waals surface area (Å²) in [5.74, 6) is 0.840. The minimum atomic E-state index is -3.43. The molecule has 3 fully saturated rings. The van der Waals surface area contributed by atoms with Crippen molar-refractivity contribution in [1.82, 2.24) is 14.2 Å². The van der Waals surface area contributed by atoms with Crippen LogP contribution >= 0.6 is 0 Å². The number of nitrogens with zero attached hydrogens (tertiary/aromatic N) is 4. The van der Waals surface area contributed by atoms with Gasteiger partial charge in [0.2, 0.25) is 10.0 Å². The van der Waals surface area contributed by atoms with Gasteiger partial charge in [0.05, 0.1) is 0 Å². The van der Waals surface area contributed by atoms with Gasteiger partial charge in [-0.1, -0.05) is 0 Å². The first-order chi connectivity index (χ1) is 13.1. The molecule has 3 saturated heterocycles. The highest BCUT2D eigenvalue weighted by Crippen LogP contribution is 2.23. The van der Waals surface area contributed by atoms with Crippen LogP contribution in [-0.2, 0) is 19.6 Å². The molecule has 4 heterocycles. The molecule has 1 aromatic heterocycles. The van der Waals surface area contributed by atoms with Crippen molar-refractivity contribution in [3.8, 4) is 0 Å². The number of carbonyl (C=O) groups excluding carboxylic acids is 1. The standard InChI is InChI=1S/C18H26N4O4S/c23-18(16-4-3-13-26-16)21-11-9-20(10-12-21)17-6-5-15(14-19-17)27(24,25)22-7-1-2-8-22/h5-6,14,16H,1-4,7-13H2/t16-/m0/s1. The SMILES string of the molecule is O=C([C@@H]1CCCO1)N1CCN(c2ccc(S(=O)(=O)N3CCCC3)cn2)CC1. The topological polar surface area (TPSA) is 83.0 Å². The van der Waals surface area contributed by atoms with Crippen molar-refractivity contribution in [2.45, 2.75) is 36.7 Å². The Bertz CT molecular complexity index is 763. The molecule has 9 heteroatoms. The Morgan fingerprint density at radius 3 is 2.37 bits per heavy atom. The lowest BCUT2D eigenvalue weighted by atomic mass is 10.2. The van der Waals surface area contributed by atoms with E-state index in [9.17, 15) is 13.2 Å². The number of hydrogen-bond acceptors (Lipinski definition) is 6. The van der Waals surface area contributed by atoms with Gasteiger partial charge in [-0.2, -0.15) is 4.31 Å². The first kappa shape index (κ1) is 18.6. The highest BCUT2D eigenvalue weighted by Gasteiger charge is 2.31. The summed E-state index contributed by atoms with van der Waals surface area (Å²) in [7, 11) is -3.43. The molecule has 0 saturated carbocycles. The minimum absolute atomic E-state index is 0.0900. The van der Waals surface area contributed by atoms with Crippen molar-refractivity contribution in [3.05, 3.63) is 18.3 Å². The lowest BCUT2D eigenvalue weighted by Crippen LogP contribution is -2.51. The molecule has 0 bridgehead atoms. The van der Waals surface area contributed by atoms with Crippen LogP contribution in [-0.4, -0.2) is 80.5 Å². The van der Waals surface area contributed by atoms with E-state index in [0.717, 1.165) is 31.5 Å². The summed E-state index contributed by atoms with van der Waals surface area (Å²) in [5, 5.41) is 0. The monoisotopic (exact) mass is 394 g/mol. The molecule has 0 unspecified atom stereocenters. The molecule has 1 aromatic rings. The van der Waals surface area contributed by atoms with Crippen LogP contribution in [0.3, 0.4) is 0 Å². The molecular formula is C18H26N4O4S. The van der Waals surface area contributed by atoms with Gasteiger partial charge in [-0.05, 0) is 37.8 Å². The molecule has 0 N–H and O–H groups in total. The van der Waals surface area contributed by atoms with E-state index in [1.807, 2.05) is 4.90 Å². The molecule has 8 nitrogen and oxygen atoms in total. The van der Waals surface area contributed by atoms with E-state index in [-0.39, 0.29) is 16.9 Å². The van der Waals surface area contributed by atoms with Crippen molar-refractivity contribution in [1.29, 1.82) is 0 Å². The molecule has 4 rings (SSSR count). The number of sulfonamides is 1. The summed E-state index contributed by atoms with van der Waals surface area (Å²) < 4.78 is 32.2. The predicted octanol–water partition coefficient (Wildman–Crippen LogP) is 0.694. The lowest BCUT2D eigenvalue weighted by Gasteiger charge is -2.36. The number of amides is 1. The summed E-state index contributed by atoms with van der Waals surface area (Å²) >= 11 is 0. The third-order valence-electron chi connectivity index (χ3n) is 5.54. The molecule has 1 atom stereocenters. The summed E-state index contributed by atoms with van der Waals surface area (Å²) in [4.78, 5) is 21.0. The fourth-order valence-electron chi connectivity index (χ4n) is 3.92. The smallest absolute Gasteiger partial charge is 0.251 e. The zero-order valence-electron chi connectivity index (χ0n) is 15.4. The maximum atomic E-state index is 12.6. The van der Waals surface area contributed by atoms with Crippen molar-refractivity contribution >= 4 is 21.7 Å². The number of rotatable bonds is 4. The van der Waals surface area contributed by atoms with Gasteiger partial charge >= 0.3 is 0 Å². The molecule has 1 amide bonds. The number of hydrogen-bond donors (Lipinski definition) is 0. The zero-order chi connectivity index (χ0) is 18.9. The normalized spacial score (nSPS) is 24.5. The van der Waals surface area contributed by atoms with Gasteiger partial charge in [-0.3, -0.25) is 4.79 Å². The fourth-order valence-corrected chi connectivity index (χ4v) is 5.38. The lowest BCUT2D eigenvalue weighted by molar-refractivity contribution is -0.141. The molecule has 0 aromatic carbocycles. The molecule has 27 heavy (non-hydrogen) atoms. The highest BCUT2D eigenvalue weighted by molar-refractivity contribution is 7.89. The van der Waals surface area contributed by atoms with Crippen LogP contribution in [0.25, 0.3) is 0 Å². The van der Waals surface area contributed by atoms with Crippen LogP contribution < -0.4 is 4.90 Å². The first-order valence-electron chi connectivity index (χ1n) is 9.67. The third-order valence-corrected chi connectivity index (χ3v) is 7.43. The molecule has 0 spiro atoms. The third kappa shape index (κ3) is 3.81. The van der Waals surface area contributed by atoms with E-state index in [0.29, 0.717) is 45.9 Å². The first-order valence-corrected chi connectivity index (χ1v) is 11.1. The van der Waals surface area contributed by atoms with Crippen LogP contribution in [0, 0.1) is 0 Å². The van der Waals surface area contributed by atoms with Crippen molar-refractivity contribution in [3.63, 3.8) is 0 Å². The highest BCUT2D eigenvalue weighted by atomic mass is 32.2. The van der Waals surface area contributed by atoms with Crippen LogP contribution in [0.5, 0.6) is 0 Å². The molecule has 0 radical (unpaired) electrons. The van der Waals surface area contributed by atoms with E-state index in [4.69, 9.17) is 4.74 Å². The second-order valence-electron chi connectivity index (χ2n) is 7.28. The van der Waals surface area contributed by atoms with Crippen LogP contribution in [0.2, 0.25) is 0 Å². The predicted molar refractivity (Wildman–Crippen MR) is 100.0 cm³/mol. The van der Waals surface area contributed by atoms with E-state index >= 15 is 0 Å². The molecule has 0 aliphatic carbocycles. The van der Waals surface area contributed by atoms with E-state index in [1.54, 1.807) is 12.1 Å². The van der Waals surface area contributed by atoms with Gasteiger partial charge < -0.3 is 14.5 Å². The van der Waals surface area contributed by atoms with Crippen LogP contribution in [0.1, 0.15) is 25.7 Å². The molecular weight excluding hydrogens is 368 g/mol. The van der Waals surface area contributed by atoms with E-state index in [2.05, 4.69) is 9.88 Å². The Morgan fingerprint density at radius 2 is 1.78 bits per heavy atom. The number of pyridine rings is 1. The minimum Gasteiger partial charge on any atom is -0.368 e. The van der Waals surface area contributed by atoms with Gasteiger partial charge in [0.15, 0.2) is 0 Å².